The van der Waals surface area contributed by atoms with Crippen LogP contribution < -0.4 is 26.0 Å². The first-order chi connectivity index (χ1) is 16.1. The standard InChI is InChI=1S/C24H33N5O4/c1-2-32-22-9-4-3-8-21(22)27-24(31)33-17-16-28-12-14-29(15-13-28)20-7-5-6-19(18-20)26-23(30)10-11-25/h3-9,18H,2,10-17,25H2,1H3,(H,26,30)(H,27,31). The summed E-state index contributed by atoms with van der Waals surface area (Å²) in [6.07, 6.45) is -0.184. The first-order valence-electron chi connectivity index (χ1n) is 11.3. The van der Waals surface area contributed by atoms with E-state index in [4.69, 9.17) is 15.2 Å². The number of nitrogens with two attached hydrogens (primary N) is 1. The fourth-order valence-corrected chi connectivity index (χ4v) is 3.63. The number of hydrogen-bond donors (Lipinski definition) is 3. The molecule has 3 rings (SSSR count). The summed E-state index contributed by atoms with van der Waals surface area (Å²) >= 11 is 0. The summed E-state index contributed by atoms with van der Waals surface area (Å²) in [6.45, 7) is 7.17. The normalized spacial score (nSPS) is 13.9. The molecule has 33 heavy (non-hydrogen) atoms. The van der Waals surface area contributed by atoms with E-state index in [0.29, 0.717) is 44.2 Å². The van der Waals surface area contributed by atoms with Gasteiger partial charge in [-0.05, 0) is 37.3 Å². The van der Waals surface area contributed by atoms with Crippen molar-refractivity contribution in [3.8, 4) is 5.75 Å². The van der Waals surface area contributed by atoms with Crippen molar-refractivity contribution in [2.75, 3.05) is 68.0 Å². The maximum atomic E-state index is 12.1. The molecular weight excluding hydrogens is 422 g/mol. The van der Waals surface area contributed by atoms with Crippen LogP contribution in [0.5, 0.6) is 5.75 Å². The molecule has 0 radical (unpaired) electrons. The molecule has 1 saturated heterocycles. The van der Waals surface area contributed by atoms with Crippen LogP contribution in [0.4, 0.5) is 21.9 Å². The summed E-state index contributed by atoms with van der Waals surface area (Å²) < 4.78 is 10.9. The van der Waals surface area contributed by atoms with Gasteiger partial charge in [-0.25, -0.2) is 4.79 Å². The molecule has 9 nitrogen and oxygen atoms in total. The maximum absolute atomic E-state index is 12.1. The molecule has 1 aliphatic heterocycles. The predicted molar refractivity (Wildman–Crippen MR) is 130 cm³/mol. The molecule has 2 amide bonds. The molecule has 0 atom stereocenters. The van der Waals surface area contributed by atoms with E-state index in [1.54, 1.807) is 6.07 Å². The number of para-hydroxylation sites is 2. The number of rotatable bonds is 10. The van der Waals surface area contributed by atoms with Crippen molar-refractivity contribution in [2.24, 2.45) is 5.73 Å². The van der Waals surface area contributed by atoms with Gasteiger partial charge in [0.05, 0.1) is 12.3 Å². The summed E-state index contributed by atoms with van der Waals surface area (Å²) in [6, 6.07) is 15.1. The van der Waals surface area contributed by atoms with Crippen molar-refractivity contribution < 1.29 is 19.1 Å². The van der Waals surface area contributed by atoms with Crippen LogP contribution in [0.25, 0.3) is 0 Å². The number of nitrogens with one attached hydrogen (secondary N) is 2. The maximum Gasteiger partial charge on any atom is 0.411 e. The van der Waals surface area contributed by atoms with Crippen LogP contribution in [0.2, 0.25) is 0 Å². The van der Waals surface area contributed by atoms with Crippen LogP contribution in [0.1, 0.15) is 13.3 Å². The number of hydrogen-bond acceptors (Lipinski definition) is 7. The molecule has 178 valence electrons. The zero-order valence-electron chi connectivity index (χ0n) is 19.1. The van der Waals surface area contributed by atoms with Crippen molar-refractivity contribution in [1.82, 2.24) is 4.90 Å². The molecule has 0 aliphatic carbocycles. The average molecular weight is 456 g/mol. The Bertz CT molecular complexity index is 915. The zero-order valence-corrected chi connectivity index (χ0v) is 19.1. The lowest BCUT2D eigenvalue weighted by molar-refractivity contribution is -0.116. The molecule has 0 saturated carbocycles. The molecule has 2 aromatic carbocycles. The number of benzene rings is 2. The van der Waals surface area contributed by atoms with Crippen LogP contribution in [0, 0.1) is 0 Å². The number of nitrogens with zero attached hydrogens (tertiary/aromatic N) is 2. The number of amides is 2. The lowest BCUT2D eigenvalue weighted by Crippen LogP contribution is -2.47. The van der Waals surface area contributed by atoms with Gasteiger partial charge in [-0.3, -0.25) is 15.0 Å². The van der Waals surface area contributed by atoms with Gasteiger partial charge in [-0.2, -0.15) is 0 Å². The third kappa shape index (κ3) is 7.65. The molecule has 0 aromatic heterocycles. The molecule has 2 aromatic rings. The van der Waals surface area contributed by atoms with Gasteiger partial charge in [-0.1, -0.05) is 18.2 Å². The van der Waals surface area contributed by atoms with E-state index in [1.165, 1.54) is 0 Å². The summed E-state index contributed by atoms with van der Waals surface area (Å²) in [7, 11) is 0. The monoisotopic (exact) mass is 455 g/mol. The minimum atomic E-state index is -0.491. The molecule has 9 heteroatoms. The second-order valence-electron chi connectivity index (χ2n) is 7.66. The molecule has 1 aliphatic rings. The van der Waals surface area contributed by atoms with Gasteiger partial charge < -0.3 is 25.4 Å². The molecule has 4 N–H and O–H groups in total. The SMILES string of the molecule is CCOc1ccccc1NC(=O)OCCN1CCN(c2cccc(NC(=O)CCN)c2)CC1. The van der Waals surface area contributed by atoms with E-state index in [9.17, 15) is 9.59 Å². The van der Waals surface area contributed by atoms with Gasteiger partial charge in [0, 0.05) is 57.1 Å². The molecule has 0 bridgehead atoms. The largest absolute Gasteiger partial charge is 0.492 e. The van der Waals surface area contributed by atoms with Crippen LogP contribution in [-0.4, -0.2) is 69.4 Å². The second kappa shape index (κ2) is 12.7. The zero-order chi connectivity index (χ0) is 23.5. The third-order valence-electron chi connectivity index (χ3n) is 5.30. The van der Waals surface area contributed by atoms with Crippen molar-refractivity contribution in [3.63, 3.8) is 0 Å². The molecular formula is C24H33N5O4. The number of carbonyl (C=O) groups excluding carboxylic acids is 2. The topological polar surface area (TPSA) is 109 Å². The van der Waals surface area contributed by atoms with Gasteiger partial charge in [0.1, 0.15) is 12.4 Å². The van der Waals surface area contributed by atoms with Gasteiger partial charge in [0.2, 0.25) is 5.91 Å². The fraction of sp³-hybridized carbons (Fsp3) is 0.417. The Kier molecular flexibility index (Phi) is 9.34. The third-order valence-corrected chi connectivity index (χ3v) is 5.30. The summed E-state index contributed by atoms with van der Waals surface area (Å²) in [5.74, 6) is 0.543. The number of ether oxygens (including phenoxy) is 2. The van der Waals surface area contributed by atoms with E-state index in [-0.39, 0.29) is 5.91 Å². The smallest absolute Gasteiger partial charge is 0.411 e. The summed E-state index contributed by atoms with van der Waals surface area (Å²) in [5, 5.41) is 5.62. The molecule has 1 fully saturated rings. The number of piperazine rings is 1. The number of carbonyl (C=O) groups is 2. The van der Waals surface area contributed by atoms with E-state index >= 15 is 0 Å². The van der Waals surface area contributed by atoms with Crippen molar-refractivity contribution in [3.05, 3.63) is 48.5 Å². The Morgan fingerprint density at radius 1 is 1.03 bits per heavy atom. The Morgan fingerprint density at radius 3 is 2.58 bits per heavy atom. The Morgan fingerprint density at radius 2 is 1.82 bits per heavy atom. The highest BCUT2D eigenvalue weighted by atomic mass is 16.5. The lowest BCUT2D eigenvalue weighted by atomic mass is 10.2. The van der Waals surface area contributed by atoms with Crippen LogP contribution in [-0.2, 0) is 9.53 Å². The minimum Gasteiger partial charge on any atom is -0.492 e. The molecule has 1 heterocycles. The fourth-order valence-electron chi connectivity index (χ4n) is 3.63. The highest BCUT2D eigenvalue weighted by molar-refractivity contribution is 5.91. The van der Waals surface area contributed by atoms with Gasteiger partial charge in [-0.15, -0.1) is 0 Å². The molecule has 0 spiro atoms. The Hall–Kier alpha value is -3.30. The lowest BCUT2D eigenvalue weighted by Gasteiger charge is -2.36. The first-order valence-corrected chi connectivity index (χ1v) is 11.3. The summed E-state index contributed by atoms with van der Waals surface area (Å²) in [5.41, 5.74) is 7.88. The summed E-state index contributed by atoms with van der Waals surface area (Å²) in [4.78, 5) is 28.5. The van der Waals surface area contributed by atoms with Gasteiger partial charge in [0.15, 0.2) is 0 Å². The van der Waals surface area contributed by atoms with E-state index in [0.717, 1.165) is 37.6 Å². The Balaban J connectivity index is 1.39. The minimum absolute atomic E-state index is 0.0788. The van der Waals surface area contributed by atoms with E-state index < -0.39 is 6.09 Å². The van der Waals surface area contributed by atoms with Crippen LogP contribution in [0.15, 0.2) is 48.5 Å². The highest BCUT2D eigenvalue weighted by Crippen LogP contribution is 2.24. The first kappa shape index (κ1) is 24.3. The van der Waals surface area contributed by atoms with Crippen molar-refractivity contribution >= 4 is 29.1 Å². The number of anilines is 3. The predicted octanol–water partition coefficient (Wildman–Crippen LogP) is 2.74. The highest BCUT2D eigenvalue weighted by Gasteiger charge is 2.18. The van der Waals surface area contributed by atoms with Crippen molar-refractivity contribution in [2.45, 2.75) is 13.3 Å². The van der Waals surface area contributed by atoms with Gasteiger partial charge in [0.25, 0.3) is 0 Å². The Labute approximate surface area is 194 Å². The van der Waals surface area contributed by atoms with E-state index in [2.05, 4.69) is 20.4 Å². The molecule has 0 unspecified atom stereocenters. The van der Waals surface area contributed by atoms with Crippen molar-refractivity contribution in [1.29, 1.82) is 0 Å². The van der Waals surface area contributed by atoms with Crippen LogP contribution in [0.3, 0.4) is 0 Å². The van der Waals surface area contributed by atoms with E-state index in [1.807, 2.05) is 49.4 Å². The van der Waals surface area contributed by atoms with Crippen LogP contribution >= 0.6 is 0 Å². The second-order valence-corrected chi connectivity index (χ2v) is 7.66. The average Bonchev–Trinajstić information content (AvgIpc) is 2.81. The van der Waals surface area contributed by atoms with Gasteiger partial charge >= 0.3 is 6.09 Å². The quantitative estimate of drug-likeness (QED) is 0.505.